The average Bonchev–Trinajstić information content (AvgIpc) is 3.07. The lowest BCUT2D eigenvalue weighted by Crippen LogP contribution is -2.39. The summed E-state index contributed by atoms with van der Waals surface area (Å²) in [4.78, 5) is 19.2. The fourth-order valence-corrected chi connectivity index (χ4v) is 2.96. The summed E-state index contributed by atoms with van der Waals surface area (Å²) in [7, 11) is 1.88. The highest BCUT2D eigenvalue weighted by molar-refractivity contribution is 5.77. The molecule has 0 bridgehead atoms. The molecule has 0 aromatic carbocycles. The molecule has 2 saturated heterocycles. The van der Waals surface area contributed by atoms with Gasteiger partial charge in [0.25, 0.3) is 0 Å². The first-order valence-corrected chi connectivity index (χ1v) is 6.64. The zero-order chi connectivity index (χ0) is 12.5. The molecule has 0 spiro atoms. The second-order valence-electron chi connectivity index (χ2n) is 5.23. The Kier molecular flexibility index (Phi) is 2.99. The first kappa shape index (κ1) is 11.6. The number of hydrogen-bond acceptors (Lipinski definition) is 2. The van der Waals surface area contributed by atoms with Gasteiger partial charge in [-0.3, -0.25) is 0 Å². The van der Waals surface area contributed by atoms with Gasteiger partial charge >= 0.3 is 6.03 Å². The molecule has 2 aliphatic heterocycles. The number of H-pyrrole nitrogens is 1. The van der Waals surface area contributed by atoms with Gasteiger partial charge in [0.1, 0.15) is 0 Å². The fraction of sp³-hybridized carbons (Fsp3) is 0.615. The number of urea groups is 1. The lowest BCUT2D eigenvalue weighted by molar-refractivity contribution is 0.192. The van der Waals surface area contributed by atoms with Crippen LogP contribution >= 0.6 is 0 Å². The molecule has 1 aromatic rings. The molecule has 0 saturated carbocycles. The largest absolute Gasteiger partial charge is 0.363 e. The fourth-order valence-electron chi connectivity index (χ4n) is 2.96. The van der Waals surface area contributed by atoms with Gasteiger partial charge in [0.15, 0.2) is 0 Å². The van der Waals surface area contributed by atoms with E-state index in [1.807, 2.05) is 35.2 Å². The minimum Gasteiger partial charge on any atom is -0.363 e. The molecule has 0 aliphatic carbocycles. The number of hydrogen-bond donors (Lipinski definition) is 2. The normalized spacial score (nSPS) is 28.4. The SMILES string of the molecule is CN1C(=O)N(CC2CCCN2)CC1c1ccc[nH]1. The van der Waals surface area contributed by atoms with E-state index in [-0.39, 0.29) is 12.1 Å². The highest BCUT2D eigenvalue weighted by atomic mass is 16.2. The predicted molar refractivity (Wildman–Crippen MR) is 69.3 cm³/mol. The van der Waals surface area contributed by atoms with Gasteiger partial charge in [-0.05, 0) is 31.5 Å². The van der Waals surface area contributed by atoms with Crippen molar-refractivity contribution in [2.24, 2.45) is 0 Å². The molecule has 2 aliphatic rings. The summed E-state index contributed by atoms with van der Waals surface area (Å²) < 4.78 is 0. The minimum absolute atomic E-state index is 0.142. The molecule has 0 radical (unpaired) electrons. The summed E-state index contributed by atoms with van der Waals surface area (Å²) in [5.41, 5.74) is 1.12. The van der Waals surface area contributed by atoms with Gasteiger partial charge < -0.3 is 20.1 Å². The van der Waals surface area contributed by atoms with Gasteiger partial charge in [-0.2, -0.15) is 0 Å². The van der Waals surface area contributed by atoms with Crippen LogP contribution in [-0.2, 0) is 0 Å². The molecule has 5 heteroatoms. The van der Waals surface area contributed by atoms with Crippen molar-refractivity contribution in [3.05, 3.63) is 24.0 Å². The summed E-state index contributed by atoms with van der Waals surface area (Å²) in [6.07, 6.45) is 4.32. The second kappa shape index (κ2) is 4.65. The third-order valence-electron chi connectivity index (χ3n) is 4.02. The van der Waals surface area contributed by atoms with E-state index in [0.29, 0.717) is 6.04 Å². The van der Waals surface area contributed by atoms with E-state index >= 15 is 0 Å². The molecule has 3 rings (SSSR count). The molecule has 98 valence electrons. The number of likely N-dealkylation sites (N-methyl/N-ethyl adjacent to an activating group) is 1. The third kappa shape index (κ3) is 1.99. The molecule has 5 nitrogen and oxygen atoms in total. The minimum atomic E-state index is 0.142. The zero-order valence-corrected chi connectivity index (χ0v) is 10.7. The lowest BCUT2D eigenvalue weighted by Gasteiger charge is -2.19. The van der Waals surface area contributed by atoms with Crippen LogP contribution in [0.25, 0.3) is 0 Å². The second-order valence-corrected chi connectivity index (χ2v) is 5.23. The third-order valence-corrected chi connectivity index (χ3v) is 4.02. The van der Waals surface area contributed by atoms with Crippen molar-refractivity contribution in [3.63, 3.8) is 0 Å². The monoisotopic (exact) mass is 248 g/mol. The van der Waals surface area contributed by atoms with E-state index in [1.165, 1.54) is 12.8 Å². The van der Waals surface area contributed by atoms with Crippen molar-refractivity contribution >= 4 is 6.03 Å². The molecule has 2 unspecified atom stereocenters. The molecular weight excluding hydrogens is 228 g/mol. The van der Waals surface area contributed by atoms with Gasteiger partial charge in [0.2, 0.25) is 0 Å². The maximum absolute atomic E-state index is 12.2. The number of aromatic amines is 1. The summed E-state index contributed by atoms with van der Waals surface area (Å²) in [6, 6.07) is 4.81. The van der Waals surface area contributed by atoms with Crippen LogP contribution in [-0.4, -0.2) is 53.5 Å². The smallest absolute Gasteiger partial charge is 0.320 e. The Labute approximate surface area is 107 Å². The van der Waals surface area contributed by atoms with Crippen LogP contribution in [0, 0.1) is 0 Å². The lowest BCUT2D eigenvalue weighted by atomic mass is 10.2. The standard InChI is InChI=1S/C13H20N4O/c1-16-12(11-5-3-7-15-11)9-17(13(16)18)8-10-4-2-6-14-10/h3,5,7,10,12,14-15H,2,4,6,8-9H2,1H3. The van der Waals surface area contributed by atoms with Gasteiger partial charge in [-0.25, -0.2) is 4.79 Å². The van der Waals surface area contributed by atoms with Crippen LogP contribution in [0.1, 0.15) is 24.6 Å². The van der Waals surface area contributed by atoms with Crippen LogP contribution in [0.4, 0.5) is 4.79 Å². The first-order chi connectivity index (χ1) is 8.75. The number of aromatic nitrogens is 1. The Morgan fingerprint density at radius 2 is 2.39 bits per heavy atom. The molecule has 3 heterocycles. The molecule has 2 fully saturated rings. The molecule has 2 atom stereocenters. The van der Waals surface area contributed by atoms with Gasteiger partial charge in [-0.15, -0.1) is 0 Å². The Hall–Kier alpha value is -1.49. The van der Waals surface area contributed by atoms with Crippen molar-refractivity contribution in [2.45, 2.75) is 24.9 Å². The van der Waals surface area contributed by atoms with Crippen molar-refractivity contribution in [3.8, 4) is 0 Å². The van der Waals surface area contributed by atoms with E-state index in [4.69, 9.17) is 0 Å². The topological polar surface area (TPSA) is 51.4 Å². The van der Waals surface area contributed by atoms with Crippen LogP contribution in [0.3, 0.4) is 0 Å². The van der Waals surface area contributed by atoms with Crippen molar-refractivity contribution in [2.75, 3.05) is 26.7 Å². The van der Waals surface area contributed by atoms with Crippen molar-refractivity contribution in [1.82, 2.24) is 20.1 Å². The van der Waals surface area contributed by atoms with E-state index in [2.05, 4.69) is 10.3 Å². The van der Waals surface area contributed by atoms with Gasteiger partial charge in [-0.1, -0.05) is 0 Å². The summed E-state index contributed by atoms with van der Waals surface area (Å²) >= 11 is 0. The summed E-state index contributed by atoms with van der Waals surface area (Å²) in [5.74, 6) is 0. The van der Waals surface area contributed by atoms with Gasteiger partial charge in [0.05, 0.1) is 6.04 Å². The molecule has 2 N–H and O–H groups in total. The van der Waals surface area contributed by atoms with E-state index in [1.54, 1.807) is 0 Å². The maximum Gasteiger partial charge on any atom is 0.320 e. The van der Waals surface area contributed by atoms with Crippen LogP contribution in [0.2, 0.25) is 0 Å². The Morgan fingerprint density at radius 1 is 1.50 bits per heavy atom. The maximum atomic E-state index is 12.2. The van der Waals surface area contributed by atoms with Crippen LogP contribution in [0.15, 0.2) is 18.3 Å². The Bertz CT molecular complexity index is 411. The summed E-state index contributed by atoms with van der Waals surface area (Å²) in [6.45, 7) is 2.71. The average molecular weight is 248 g/mol. The van der Waals surface area contributed by atoms with Crippen molar-refractivity contribution < 1.29 is 4.79 Å². The highest BCUT2D eigenvalue weighted by Crippen LogP contribution is 2.27. The number of nitrogens with zero attached hydrogens (tertiary/aromatic N) is 2. The highest BCUT2D eigenvalue weighted by Gasteiger charge is 2.37. The van der Waals surface area contributed by atoms with Crippen molar-refractivity contribution in [1.29, 1.82) is 0 Å². The Morgan fingerprint density at radius 3 is 3.06 bits per heavy atom. The van der Waals surface area contributed by atoms with Crippen LogP contribution in [0.5, 0.6) is 0 Å². The molecule has 2 amide bonds. The van der Waals surface area contributed by atoms with Crippen LogP contribution < -0.4 is 5.32 Å². The Balaban J connectivity index is 1.68. The quantitative estimate of drug-likeness (QED) is 0.844. The van der Waals surface area contributed by atoms with E-state index in [0.717, 1.165) is 25.3 Å². The number of carbonyl (C=O) groups excluding carboxylic acids is 1. The predicted octanol–water partition coefficient (Wildman–Crippen LogP) is 1.18. The summed E-state index contributed by atoms with van der Waals surface area (Å²) in [5, 5.41) is 3.45. The van der Waals surface area contributed by atoms with Gasteiger partial charge in [0, 0.05) is 38.1 Å². The number of rotatable bonds is 3. The van der Waals surface area contributed by atoms with E-state index in [9.17, 15) is 4.79 Å². The molecule has 1 aromatic heterocycles. The zero-order valence-electron chi connectivity index (χ0n) is 10.7. The molecule has 18 heavy (non-hydrogen) atoms. The number of amides is 2. The molecular formula is C13H20N4O. The van der Waals surface area contributed by atoms with E-state index < -0.39 is 0 Å². The number of carbonyl (C=O) groups is 1. The first-order valence-electron chi connectivity index (χ1n) is 6.64. The number of nitrogens with one attached hydrogen (secondary N) is 2.